The van der Waals surface area contributed by atoms with Crippen LogP contribution in [0.15, 0.2) is 34.9 Å². The standard InChI is InChI=1S/C15H23N5S.HI/c1-12(14-5-4-8-21-14)9-18-15(16-2)17-7-6-13-10-19-20(3)11-13;/h4-5,8,10-12H,6-7,9H2,1-3H3,(H2,16,17,18);1H. The Balaban J connectivity index is 0.00000242. The molecule has 22 heavy (non-hydrogen) atoms. The van der Waals surface area contributed by atoms with Gasteiger partial charge in [0.1, 0.15) is 0 Å². The highest BCUT2D eigenvalue weighted by Gasteiger charge is 2.07. The molecule has 5 nitrogen and oxygen atoms in total. The van der Waals surface area contributed by atoms with Gasteiger partial charge in [0.25, 0.3) is 0 Å². The number of aromatic nitrogens is 2. The third-order valence-corrected chi connectivity index (χ3v) is 4.40. The van der Waals surface area contributed by atoms with Crippen LogP contribution in [0.1, 0.15) is 23.3 Å². The van der Waals surface area contributed by atoms with Crippen molar-refractivity contribution in [3.05, 3.63) is 40.3 Å². The predicted molar refractivity (Wildman–Crippen MR) is 104 cm³/mol. The van der Waals surface area contributed by atoms with Crippen LogP contribution in [0.25, 0.3) is 0 Å². The molecule has 2 heterocycles. The quantitative estimate of drug-likeness (QED) is 0.419. The van der Waals surface area contributed by atoms with Gasteiger partial charge in [-0.3, -0.25) is 9.67 Å². The average Bonchev–Trinajstić information content (AvgIpc) is 3.14. The molecule has 122 valence electrons. The first-order chi connectivity index (χ1) is 10.2. The lowest BCUT2D eigenvalue weighted by Gasteiger charge is -2.15. The Morgan fingerprint density at radius 3 is 2.86 bits per heavy atom. The van der Waals surface area contributed by atoms with Gasteiger partial charge < -0.3 is 10.6 Å². The molecule has 0 aliphatic carbocycles. The number of guanidine groups is 1. The van der Waals surface area contributed by atoms with E-state index in [0.29, 0.717) is 5.92 Å². The third-order valence-electron chi connectivity index (χ3n) is 3.29. The maximum Gasteiger partial charge on any atom is 0.191 e. The van der Waals surface area contributed by atoms with Gasteiger partial charge in [-0.25, -0.2) is 0 Å². The molecule has 0 aromatic carbocycles. The molecule has 0 aliphatic rings. The van der Waals surface area contributed by atoms with Gasteiger partial charge in [0.2, 0.25) is 0 Å². The lowest BCUT2D eigenvalue weighted by molar-refractivity contribution is 0.707. The Hall–Kier alpha value is -1.09. The van der Waals surface area contributed by atoms with Gasteiger partial charge in [0, 0.05) is 44.2 Å². The van der Waals surface area contributed by atoms with Crippen molar-refractivity contribution < 1.29 is 0 Å². The molecule has 0 radical (unpaired) electrons. The van der Waals surface area contributed by atoms with Gasteiger partial charge in [0.05, 0.1) is 6.20 Å². The van der Waals surface area contributed by atoms with E-state index in [2.05, 4.69) is 45.2 Å². The average molecular weight is 433 g/mol. The van der Waals surface area contributed by atoms with Gasteiger partial charge >= 0.3 is 0 Å². The SMILES string of the molecule is CN=C(NCCc1cnn(C)c1)NCC(C)c1cccs1.I. The van der Waals surface area contributed by atoms with Crippen molar-refractivity contribution in [3.63, 3.8) is 0 Å². The van der Waals surface area contributed by atoms with Crippen LogP contribution in [0.2, 0.25) is 0 Å². The molecule has 1 unspecified atom stereocenters. The summed E-state index contributed by atoms with van der Waals surface area (Å²) < 4.78 is 1.82. The fourth-order valence-corrected chi connectivity index (χ4v) is 2.86. The summed E-state index contributed by atoms with van der Waals surface area (Å²) in [4.78, 5) is 5.65. The number of hydrogen-bond donors (Lipinski definition) is 2. The Kier molecular flexibility index (Phi) is 8.47. The Morgan fingerprint density at radius 1 is 1.45 bits per heavy atom. The van der Waals surface area contributed by atoms with E-state index >= 15 is 0 Å². The molecule has 2 aromatic rings. The van der Waals surface area contributed by atoms with Gasteiger partial charge in [-0.15, -0.1) is 35.3 Å². The van der Waals surface area contributed by atoms with Crippen LogP contribution in [0, 0.1) is 0 Å². The highest BCUT2D eigenvalue weighted by molar-refractivity contribution is 14.0. The zero-order valence-electron chi connectivity index (χ0n) is 13.2. The van der Waals surface area contributed by atoms with Gasteiger partial charge in [-0.05, 0) is 23.4 Å². The molecule has 1 atom stereocenters. The normalized spacial score (nSPS) is 12.6. The number of halogens is 1. The molecule has 0 amide bonds. The number of aryl methyl sites for hydroxylation is 1. The zero-order valence-corrected chi connectivity index (χ0v) is 16.4. The molecular weight excluding hydrogens is 409 g/mol. The first-order valence-electron chi connectivity index (χ1n) is 7.14. The molecular formula is C15H24IN5S. The highest BCUT2D eigenvalue weighted by atomic mass is 127. The number of nitrogens with zero attached hydrogens (tertiary/aromatic N) is 3. The number of rotatable bonds is 6. The molecule has 0 spiro atoms. The van der Waals surface area contributed by atoms with E-state index in [1.807, 2.05) is 24.1 Å². The van der Waals surface area contributed by atoms with Crippen molar-refractivity contribution in [2.45, 2.75) is 19.3 Å². The maximum absolute atomic E-state index is 4.25. The van der Waals surface area contributed by atoms with Gasteiger partial charge in [0.15, 0.2) is 5.96 Å². The van der Waals surface area contributed by atoms with E-state index in [0.717, 1.165) is 25.5 Å². The lowest BCUT2D eigenvalue weighted by atomic mass is 10.1. The monoisotopic (exact) mass is 433 g/mol. The summed E-state index contributed by atoms with van der Waals surface area (Å²) in [5.74, 6) is 1.34. The summed E-state index contributed by atoms with van der Waals surface area (Å²) in [6, 6.07) is 4.27. The Morgan fingerprint density at radius 2 is 2.27 bits per heavy atom. The molecule has 2 aromatic heterocycles. The summed E-state index contributed by atoms with van der Waals surface area (Å²) in [5.41, 5.74) is 1.23. The van der Waals surface area contributed by atoms with Crippen molar-refractivity contribution in [3.8, 4) is 0 Å². The first kappa shape index (κ1) is 19.0. The van der Waals surface area contributed by atoms with Crippen LogP contribution in [0.4, 0.5) is 0 Å². The second-order valence-corrected chi connectivity index (χ2v) is 6.05. The summed E-state index contributed by atoms with van der Waals surface area (Å²) in [7, 11) is 3.73. The summed E-state index contributed by atoms with van der Waals surface area (Å²) in [5, 5.41) is 13.0. The molecule has 0 fully saturated rings. The second-order valence-electron chi connectivity index (χ2n) is 5.07. The number of hydrogen-bond acceptors (Lipinski definition) is 3. The van der Waals surface area contributed by atoms with E-state index in [-0.39, 0.29) is 24.0 Å². The minimum absolute atomic E-state index is 0. The fourth-order valence-electron chi connectivity index (χ4n) is 2.07. The van der Waals surface area contributed by atoms with E-state index in [1.54, 1.807) is 18.4 Å². The van der Waals surface area contributed by atoms with E-state index < -0.39 is 0 Å². The number of thiophene rings is 1. The topological polar surface area (TPSA) is 54.2 Å². The largest absolute Gasteiger partial charge is 0.356 e. The van der Waals surface area contributed by atoms with Crippen molar-refractivity contribution in [2.75, 3.05) is 20.1 Å². The maximum atomic E-state index is 4.25. The molecule has 0 saturated carbocycles. The zero-order chi connectivity index (χ0) is 15.1. The van der Waals surface area contributed by atoms with Gasteiger partial charge in [-0.1, -0.05) is 13.0 Å². The molecule has 0 saturated heterocycles. The molecule has 0 bridgehead atoms. The second kappa shape index (κ2) is 9.83. The molecule has 2 N–H and O–H groups in total. The van der Waals surface area contributed by atoms with Crippen molar-refractivity contribution in [1.29, 1.82) is 0 Å². The van der Waals surface area contributed by atoms with E-state index in [9.17, 15) is 0 Å². The summed E-state index contributed by atoms with van der Waals surface area (Å²) in [6.07, 6.45) is 4.88. The smallest absolute Gasteiger partial charge is 0.191 e. The number of aliphatic imine (C=N–C) groups is 1. The summed E-state index contributed by atoms with van der Waals surface area (Å²) in [6.45, 7) is 3.95. The van der Waals surface area contributed by atoms with Crippen molar-refractivity contribution >= 4 is 41.3 Å². The van der Waals surface area contributed by atoms with Crippen molar-refractivity contribution in [2.24, 2.45) is 12.0 Å². The van der Waals surface area contributed by atoms with Crippen LogP contribution >= 0.6 is 35.3 Å². The first-order valence-corrected chi connectivity index (χ1v) is 8.02. The van der Waals surface area contributed by atoms with Crippen LogP contribution in [0.5, 0.6) is 0 Å². The fraction of sp³-hybridized carbons (Fsp3) is 0.467. The van der Waals surface area contributed by atoms with Crippen molar-refractivity contribution in [1.82, 2.24) is 20.4 Å². The molecule has 2 rings (SSSR count). The summed E-state index contributed by atoms with van der Waals surface area (Å²) >= 11 is 1.80. The predicted octanol–water partition coefficient (Wildman–Crippen LogP) is 2.61. The van der Waals surface area contributed by atoms with E-state index in [4.69, 9.17) is 0 Å². The third kappa shape index (κ3) is 5.96. The van der Waals surface area contributed by atoms with Crippen LogP contribution in [-0.2, 0) is 13.5 Å². The van der Waals surface area contributed by atoms with E-state index in [1.165, 1.54) is 10.4 Å². The molecule has 7 heteroatoms. The van der Waals surface area contributed by atoms with Crippen LogP contribution in [0.3, 0.4) is 0 Å². The lowest BCUT2D eigenvalue weighted by Crippen LogP contribution is -2.39. The Labute approximate surface area is 153 Å². The van der Waals surface area contributed by atoms with Crippen LogP contribution in [-0.4, -0.2) is 35.9 Å². The number of nitrogens with one attached hydrogen (secondary N) is 2. The van der Waals surface area contributed by atoms with Crippen LogP contribution < -0.4 is 10.6 Å². The minimum atomic E-state index is 0. The Bertz CT molecular complexity index is 564. The highest BCUT2D eigenvalue weighted by Crippen LogP contribution is 2.19. The van der Waals surface area contributed by atoms with Gasteiger partial charge in [-0.2, -0.15) is 5.10 Å². The molecule has 0 aliphatic heterocycles. The minimum Gasteiger partial charge on any atom is -0.356 e.